The molecule has 1 aliphatic rings. The largest absolute Gasteiger partial charge is 0.496 e. The standard InChI is InChI=1S/C21H28O11/c1-21(2,28)19(27)18(32-20-17(26)16(25)15(24)13(8-22)31-20)10-6-9-4-5-14(23)30-11(9)7-12(10)29-3/h4-7,13,15-20,22,24-28H,8H2,1-3H3/t13-,15-,16+,17-,18-,19+,20-/m1/s1. The average molecular weight is 456 g/mol. The van der Waals surface area contributed by atoms with Crippen LogP contribution < -0.4 is 10.4 Å². The number of fused-ring (bicyclic) bond motifs is 1. The van der Waals surface area contributed by atoms with Crippen LogP contribution in [0.25, 0.3) is 11.0 Å². The van der Waals surface area contributed by atoms with Crippen LogP contribution in [-0.4, -0.2) is 86.8 Å². The van der Waals surface area contributed by atoms with Gasteiger partial charge in [0.2, 0.25) is 0 Å². The molecule has 32 heavy (non-hydrogen) atoms. The molecule has 2 aromatic rings. The summed E-state index contributed by atoms with van der Waals surface area (Å²) < 4.78 is 21.7. The Morgan fingerprint density at radius 1 is 1.12 bits per heavy atom. The first kappa shape index (κ1) is 24.6. The summed E-state index contributed by atoms with van der Waals surface area (Å²) in [4.78, 5) is 11.5. The number of rotatable bonds is 7. The van der Waals surface area contributed by atoms with Gasteiger partial charge in [0.1, 0.15) is 48.0 Å². The first-order chi connectivity index (χ1) is 15.0. The van der Waals surface area contributed by atoms with E-state index in [2.05, 4.69) is 0 Å². The van der Waals surface area contributed by atoms with Crippen molar-refractivity contribution >= 4 is 11.0 Å². The highest BCUT2D eigenvalue weighted by molar-refractivity contribution is 5.79. The van der Waals surface area contributed by atoms with Crippen LogP contribution in [0.5, 0.6) is 5.75 Å². The molecule has 0 unspecified atom stereocenters. The molecule has 11 heteroatoms. The van der Waals surface area contributed by atoms with Crippen LogP contribution in [0.2, 0.25) is 0 Å². The Balaban J connectivity index is 2.07. The van der Waals surface area contributed by atoms with E-state index in [0.29, 0.717) is 5.39 Å². The van der Waals surface area contributed by atoms with Crippen LogP contribution in [0.1, 0.15) is 25.5 Å². The number of benzene rings is 1. The fourth-order valence-electron chi connectivity index (χ4n) is 3.53. The first-order valence-corrected chi connectivity index (χ1v) is 9.96. The summed E-state index contributed by atoms with van der Waals surface area (Å²) in [5.74, 6) is 0.143. The summed E-state index contributed by atoms with van der Waals surface area (Å²) >= 11 is 0. The third-order valence-electron chi connectivity index (χ3n) is 5.42. The maximum Gasteiger partial charge on any atom is 0.336 e. The zero-order valence-electron chi connectivity index (χ0n) is 17.8. The van der Waals surface area contributed by atoms with Crippen molar-refractivity contribution in [3.8, 4) is 5.75 Å². The van der Waals surface area contributed by atoms with Crippen LogP contribution in [0.15, 0.2) is 33.5 Å². The molecular weight excluding hydrogens is 428 g/mol. The maximum absolute atomic E-state index is 11.5. The quantitative estimate of drug-likeness (QED) is 0.275. The molecule has 0 radical (unpaired) electrons. The zero-order chi connectivity index (χ0) is 23.8. The Kier molecular flexibility index (Phi) is 7.22. The van der Waals surface area contributed by atoms with Gasteiger partial charge in [-0.25, -0.2) is 4.79 Å². The molecule has 0 spiro atoms. The molecule has 0 bridgehead atoms. The van der Waals surface area contributed by atoms with Gasteiger partial charge in [-0.15, -0.1) is 0 Å². The Labute approximate surface area is 183 Å². The number of methoxy groups -OCH3 is 1. The van der Waals surface area contributed by atoms with Gasteiger partial charge in [0.25, 0.3) is 0 Å². The lowest BCUT2D eigenvalue weighted by atomic mass is 9.91. The molecule has 1 aromatic heterocycles. The van der Waals surface area contributed by atoms with Crippen molar-refractivity contribution in [2.75, 3.05) is 13.7 Å². The van der Waals surface area contributed by atoms with Gasteiger partial charge >= 0.3 is 5.63 Å². The van der Waals surface area contributed by atoms with Crippen molar-refractivity contribution in [3.05, 3.63) is 40.2 Å². The minimum atomic E-state index is -1.73. The Morgan fingerprint density at radius 2 is 1.81 bits per heavy atom. The van der Waals surface area contributed by atoms with Gasteiger partial charge in [0.05, 0.1) is 19.3 Å². The lowest BCUT2D eigenvalue weighted by Crippen LogP contribution is -2.60. The molecule has 0 aliphatic carbocycles. The van der Waals surface area contributed by atoms with E-state index in [9.17, 15) is 35.4 Å². The molecule has 1 aliphatic heterocycles. The predicted molar refractivity (Wildman–Crippen MR) is 109 cm³/mol. The first-order valence-electron chi connectivity index (χ1n) is 9.96. The number of aliphatic hydroxyl groups excluding tert-OH is 5. The van der Waals surface area contributed by atoms with Crippen molar-refractivity contribution in [2.24, 2.45) is 0 Å². The lowest BCUT2D eigenvalue weighted by Gasteiger charge is -2.42. The highest BCUT2D eigenvalue weighted by Gasteiger charge is 2.47. The average Bonchev–Trinajstić information content (AvgIpc) is 2.75. The smallest absolute Gasteiger partial charge is 0.336 e. The van der Waals surface area contributed by atoms with Gasteiger partial charge in [0.15, 0.2) is 6.29 Å². The molecule has 2 heterocycles. The molecule has 11 nitrogen and oxygen atoms in total. The van der Waals surface area contributed by atoms with Crippen molar-refractivity contribution in [1.29, 1.82) is 0 Å². The molecular formula is C21H28O11. The van der Waals surface area contributed by atoms with Gasteiger partial charge in [-0.3, -0.25) is 0 Å². The minimum Gasteiger partial charge on any atom is -0.496 e. The second kappa shape index (κ2) is 9.41. The molecule has 3 rings (SSSR count). The predicted octanol–water partition coefficient (Wildman–Crippen LogP) is -1.21. The summed E-state index contributed by atoms with van der Waals surface area (Å²) in [5.41, 5.74) is -1.83. The Bertz CT molecular complexity index is 980. The van der Waals surface area contributed by atoms with Crippen LogP contribution in [0.3, 0.4) is 0 Å². The van der Waals surface area contributed by atoms with E-state index in [1.54, 1.807) is 0 Å². The van der Waals surface area contributed by atoms with Gasteiger partial charge in [0, 0.05) is 23.1 Å². The monoisotopic (exact) mass is 456 g/mol. The van der Waals surface area contributed by atoms with E-state index in [1.807, 2.05) is 0 Å². The van der Waals surface area contributed by atoms with E-state index < -0.39 is 60.7 Å². The molecule has 0 saturated carbocycles. The van der Waals surface area contributed by atoms with E-state index in [0.717, 1.165) is 0 Å². The van der Waals surface area contributed by atoms with Gasteiger partial charge in [-0.1, -0.05) is 0 Å². The zero-order valence-corrected chi connectivity index (χ0v) is 17.8. The highest BCUT2D eigenvalue weighted by atomic mass is 16.7. The molecule has 1 aromatic carbocycles. The van der Waals surface area contributed by atoms with E-state index in [1.165, 1.54) is 45.2 Å². The second-order valence-corrected chi connectivity index (χ2v) is 8.24. The normalized spacial score (nSPS) is 28.5. The second-order valence-electron chi connectivity index (χ2n) is 8.24. The maximum atomic E-state index is 11.5. The third-order valence-corrected chi connectivity index (χ3v) is 5.42. The molecule has 0 amide bonds. The number of ether oxygens (including phenoxy) is 3. The Morgan fingerprint density at radius 3 is 2.41 bits per heavy atom. The topological polar surface area (TPSA) is 179 Å². The fourth-order valence-corrected chi connectivity index (χ4v) is 3.53. The number of hydrogen-bond donors (Lipinski definition) is 6. The van der Waals surface area contributed by atoms with Crippen LogP contribution in [0.4, 0.5) is 0 Å². The molecule has 6 N–H and O–H groups in total. The summed E-state index contributed by atoms with van der Waals surface area (Å²) in [7, 11) is 1.34. The summed E-state index contributed by atoms with van der Waals surface area (Å²) in [6.07, 6.45) is -10.8. The molecule has 1 saturated heterocycles. The number of hydrogen-bond acceptors (Lipinski definition) is 11. The van der Waals surface area contributed by atoms with Crippen LogP contribution in [-0.2, 0) is 9.47 Å². The van der Waals surface area contributed by atoms with Gasteiger partial charge in [-0.05, 0) is 26.0 Å². The van der Waals surface area contributed by atoms with Crippen molar-refractivity contribution in [3.63, 3.8) is 0 Å². The highest BCUT2D eigenvalue weighted by Crippen LogP contribution is 2.38. The third kappa shape index (κ3) is 4.80. The summed E-state index contributed by atoms with van der Waals surface area (Å²) in [6, 6.07) is 5.62. The van der Waals surface area contributed by atoms with Crippen molar-refractivity contribution < 1.29 is 49.3 Å². The van der Waals surface area contributed by atoms with Crippen molar-refractivity contribution in [1.82, 2.24) is 0 Å². The minimum absolute atomic E-state index is 0.143. The Hall–Kier alpha value is -2.09. The SMILES string of the molecule is COc1cc2oc(=O)ccc2cc1[C@@H](O[C@H]1O[C@H](CO)[C@@H](O)[C@H](O)[C@H]1O)[C@H](O)C(C)(C)O. The lowest BCUT2D eigenvalue weighted by molar-refractivity contribution is -0.322. The fraction of sp³-hybridized carbons (Fsp3) is 0.571. The number of aliphatic hydroxyl groups is 6. The van der Waals surface area contributed by atoms with E-state index in [4.69, 9.17) is 18.6 Å². The van der Waals surface area contributed by atoms with Crippen LogP contribution in [0, 0.1) is 0 Å². The van der Waals surface area contributed by atoms with E-state index in [-0.39, 0.29) is 16.9 Å². The van der Waals surface area contributed by atoms with Crippen LogP contribution >= 0.6 is 0 Å². The summed E-state index contributed by atoms with van der Waals surface area (Å²) in [5, 5.41) is 61.7. The van der Waals surface area contributed by atoms with Gasteiger partial charge in [-0.2, -0.15) is 0 Å². The van der Waals surface area contributed by atoms with Crippen molar-refractivity contribution in [2.45, 2.75) is 62.4 Å². The van der Waals surface area contributed by atoms with Gasteiger partial charge < -0.3 is 49.3 Å². The molecule has 1 fully saturated rings. The van der Waals surface area contributed by atoms with E-state index >= 15 is 0 Å². The summed E-state index contributed by atoms with van der Waals surface area (Å²) in [6.45, 7) is 2.02. The molecule has 7 atom stereocenters. The molecule has 178 valence electrons.